The van der Waals surface area contributed by atoms with Crippen molar-refractivity contribution in [2.45, 2.75) is 13.8 Å². The molecular formula is C15H13ClN2O2. The highest BCUT2D eigenvalue weighted by Crippen LogP contribution is 2.15. The molecule has 0 atom stereocenters. The summed E-state index contributed by atoms with van der Waals surface area (Å²) in [7, 11) is 0. The Bertz CT molecular complexity index is 663. The van der Waals surface area contributed by atoms with E-state index in [2.05, 4.69) is 10.3 Å². The van der Waals surface area contributed by atoms with Gasteiger partial charge in [-0.3, -0.25) is 9.59 Å². The monoisotopic (exact) mass is 288 g/mol. The van der Waals surface area contributed by atoms with E-state index in [1.807, 2.05) is 0 Å². The number of hydrogen-bond acceptors (Lipinski definition) is 3. The molecule has 2 rings (SSSR count). The Balaban J connectivity index is 2.23. The highest BCUT2D eigenvalue weighted by atomic mass is 35.5. The van der Waals surface area contributed by atoms with Gasteiger partial charge in [-0.05, 0) is 38.1 Å². The fraction of sp³-hybridized carbons (Fsp3) is 0.133. The molecule has 0 aliphatic heterocycles. The molecule has 4 nitrogen and oxygen atoms in total. The van der Waals surface area contributed by atoms with Gasteiger partial charge < -0.3 is 5.32 Å². The Morgan fingerprint density at radius 3 is 2.55 bits per heavy atom. The van der Waals surface area contributed by atoms with Gasteiger partial charge in [0.05, 0.1) is 0 Å². The largest absolute Gasteiger partial charge is 0.322 e. The summed E-state index contributed by atoms with van der Waals surface area (Å²) in [5.74, 6) is -0.345. The number of hydrogen-bond donors (Lipinski definition) is 1. The van der Waals surface area contributed by atoms with Crippen LogP contribution in [0.4, 0.5) is 5.69 Å². The number of rotatable bonds is 3. The normalized spacial score (nSPS) is 10.2. The van der Waals surface area contributed by atoms with E-state index in [1.165, 1.54) is 13.0 Å². The number of Topliss-reactive ketones (excluding diaryl/α,β-unsaturated/α-hetero) is 1. The van der Waals surface area contributed by atoms with Gasteiger partial charge >= 0.3 is 0 Å². The molecule has 0 radical (unpaired) electrons. The number of aryl methyl sites for hydroxylation is 1. The zero-order chi connectivity index (χ0) is 14.7. The van der Waals surface area contributed by atoms with Crippen molar-refractivity contribution >= 4 is 29.0 Å². The van der Waals surface area contributed by atoms with Gasteiger partial charge in [0.15, 0.2) is 5.78 Å². The lowest BCUT2D eigenvalue weighted by Crippen LogP contribution is -2.12. The molecule has 1 N–H and O–H groups in total. The lowest BCUT2D eigenvalue weighted by Gasteiger charge is -2.07. The van der Waals surface area contributed by atoms with Crippen molar-refractivity contribution in [2.24, 2.45) is 0 Å². The fourth-order valence-corrected chi connectivity index (χ4v) is 2.03. The number of carbonyl (C=O) groups is 2. The van der Waals surface area contributed by atoms with Crippen LogP contribution >= 0.6 is 11.6 Å². The molecule has 0 saturated heterocycles. The standard InChI is InChI=1S/C15H13ClN2O2/c1-9-6-12(8-14(16)17-9)15(20)18-13-5-3-4-11(7-13)10(2)19/h3-8H,1-2H3,(H,18,20). The van der Waals surface area contributed by atoms with Gasteiger partial charge in [-0.25, -0.2) is 4.98 Å². The van der Waals surface area contributed by atoms with Crippen molar-refractivity contribution in [2.75, 3.05) is 5.32 Å². The van der Waals surface area contributed by atoms with E-state index in [0.717, 1.165) is 0 Å². The van der Waals surface area contributed by atoms with Gasteiger partial charge in [-0.1, -0.05) is 23.7 Å². The van der Waals surface area contributed by atoms with Crippen molar-refractivity contribution in [3.8, 4) is 0 Å². The van der Waals surface area contributed by atoms with Crippen molar-refractivity contribution in [1.29, 1.82) is 0 Å². The van der Waals surface area contributed by atoms with Crippen molar-refractivity contribution in [3.63, 3.8) is 0 Å². The molecule has 0 aliphatic carbocycles. The zero-order valence-electron chi connectivity index (χ0n) is 11.1. The number of nitrogens with one attached hydrogen (secondary N) is 1. The van der Waals surface area contributed by atoms with Gasteiger partial charge in [0.25, 0.3) is 5.91 Å². The Labute approximate surface area is 121 Å². The van der Waals surface area contributed by atoms with Gasteiger partial charge in [-0.15, -0.1) is 0 Å². The number of carbonyl (C=O) groups excluding carboxylic acids is 2. The van der Waals surface area contributed by atoms with Crippen LogP contribution in [0.15, 0.2) is 36.4 Å². The number of pyridine rings is 1. The summed E-state index contributed by atoms with van der Waals surface area (Å²) in [5, 5.41) is 3.00. The molecule has 102 valence electrons. The number of nitrogens with zero attached hydrogens (tertiary/aromatic N) is 1. The van der Waals surface area contributed by atoms with Crippen molar-refractivity contribution in [1.82, 2.24) is 4.98 Å². The van der Waals surface area contributed by atoms with E-state index >= 15 is 0 Å². The maximum Gasteiger partial charge on any atom is 0.255 e. The summed E-state index contributed by atoms with van der Waals surface area (Å²) in [6, 6.07) is 9.92. The summed E-state index contributed by atoms with van der Waals surface area (Å²) < 4.78 is 0. The average molecular weight is 289 g/mol. The molecule has 0 aliphatic rings. The van der Waals surface area contributed by atoms with E-state index in [1.54, 1.807) is 37.3 Å². The minimum atomic E-state index is -0.293. The van der Waals surface area contributed by atoms with Crippen LogP contribution < -0.4 is 5.32 Å². The zero-order valence-corrected chi connectivity index (χ0v) is 11.9. The topological polar surface area (TPSA) is 59.1 Å². The van der Waals surface area contributed by atoms with Crippen LogP contribution in [-0.2, 0) is 0 Å². The van der Waals surface area contributed by atoms with E-state index in [4.69, 9.17) is 11.6 Å². The predicted molar refractivity (Wildman–Crippen MR) is 78.4 cm³/mol. The molecule has 20 heavy (non-hydrogen) atoms. The number of ketones is 1. The third-order valence-corrected chi connectivity index (χ3v) is 2.90. The van der Waals surface area contributed by atoms with Gasteiger partial charge in [0.1, 0.15) is 5.15 Å². The quantitative estimate of drug-likeness (QED) is 0.694. The first-order chi connectivity index (χ1) is 9.45. The molecular weight excluding hydrogens is 276 g/mol. The lowest BCUT2D eigenvalue weighted by molar-refractivity contribution is 0.101. The third-order valence-electron chi connectivity index (χ3n) is 2.71. The summed E-state index contributed by atoms with van der Waals surface area (Å²) in [5.41, 5.74) is 2.20. The number of halogens is 1. The Morgan fingerprint density at radius 1 is 1.15 bits per heavy atom. The Kier molecular flexibility index (Phi) is 4.15. The molecule has 2 aromatic rings. The van der Waals surface area contributed by atoms with Gasteiger partial charge in [0.2, 0.25) is 0 Å². The third kappa shape index (κ3) is 3.42. The van der Waals surface area contributed by atoms with Crippen LogP contribution in [0.2, 0.25) is 5.15 Å². The SMILES string of the molecule is CC(=O)c1cccc(NC(=O)c2cc(C)nc(Cl)c2)c1. The van der Waals surface area contributed by atoms with Crippen LogP contribution in [0, 0.1) is 6.92 Å². The van der Waals surface area contributed by atoms with E-state index in [-0.39, 0.29) is 16.8 Å². The van der Waals surface area contributed by atoms with Gasteiger partial charge in [-0.2, -0.15) is 0 Å². The maximum atomic E-state index is 12.1. The maximum absolute atomic E-state index is 12.1. The molecule has 0 bridgehead atoms. The summed E-state index contributed by atoms with van der Waals surface area (Å²) in [6.45, 7) is 3.24. The number of anilines is 1. The molecule has 1 aromatic carbocycles. The predicted octanol–water partition coefficient (Wildman–Crippen LogP) is 3.50. The highest BCUT2D eigenvalue weighted by molar-refractivity contribution is 6.29. The minimum Gasteiger partial charge on any atom is -0.322 e. The summed E-state index contributed by atoms with van der Waals surface area (Å²) >= 11 is 5.83. The van der Waals surface area contributed by atoms with Crippen LogP contribution in [-0.4, -0.2) is 16.7 Å². The molecule has 1 heterocycles. The lowest BCUT2D eigenvalue weighted by atomic mass is 10.1. The van der Waals surface area contributed by atoms with Crippen LogP contribution in [0.25, 0.3) is 0 Å². The molecule has 0 saturated carbocycles. The summed E-state index contributed by atoms with van der Waals surface area (Å²) in [6.07, 6.45) is 0. The second kappa shape index (κ2) is 5.84. The fourth-order valence-electron chi connectivity index (χ4n) is 1.78. The first-order valence-corrected chi connectivity index (χ1v) is 6.40. The first kappa shape index (κ1) is 14.2. The molecule has 0 fully saturated rings. The van der Waals surface area contributed by atoms with Crippen molar-refractivity contribution in [3.05, 3.63) is 58.4 Å². The molecule has 0 spiro atoms. The Morgan fingerprint density at radius 2 is 1.90 bits per heavy atom. The van der Waals surface area contributed by atoms with Gasteiger partial charge in [0, 0.05) is 22.5 Å². The molecule has 5 heteroatoms. The minimum absolute atomic E-state index is 0.0519. The first-order valence-electron chi connectivity index (χ1n) is 6.02. The van der Waals surface area contributed by atoms with Crippen LogP contribution in [0.1, 0.15) is 33.3 Å². The number of benzene rings is 1. The summed E-state index contributed by atoms with van der Waals surface area (Å²) in [4.78, 5) is 27.4. The van der Waals surface area contributed by atoms with Crippen LogP contribution in [0.3, 0.4) is 0 Å². The van der Waals surface area contributed by atoms with Crippen molar-refractivity contribution < 1.29 is 9.59 Å². The smallest absolute Gasteiger partial charge is 0.255 e. The molecule has 1 amide bonds. The average Bonchev–Trinajstić information content (AvgIpc) is 2.37. The highest BCUT2D eigenvalue weighted by Gasteiger charge is 2.09. The number of amides is 1. The second-order valence-electron chi connectivity index (χ2n) is 4.41. The Hall–Kier alpha value is -2.20. The second-order valence-corrected chi connectivity index (χ2v) is 4.80. The van der Waals surface area contributed by atoms with E-state index in [0.29, 0.717) is 22.5 Å². The van der Waals surface area contributed by atoms with E-state index < -0.39 is 0 Å². The number of aromatic nitrogens is 1. The molecule has 0 unspecified atom stereocenters. The van der Waals surface area contributed by atoms with Crippen LogP contribution in [0.5, 0.6) is 0 Å². The molecule has 1 aromatic heterocycles. The van der Waals surface area contributed by atoms with E-state index in [9.17, 15) is 9.59 Å².